The maximum absolute atomic E-state index is 13.8. The Bertz CT molecular complexity index is 6240. The lowest BCUT2D eigenvalue weighted by molar-refractivity contribution is -0.432. The summed E-state index contributed by atoms with van der Waals surface area (Å²) >= 11 is 0.850. The van der Waals surface area contributed by atoms with Crippen LogP contribution in [-0.2, 0) is 39.7 Å². The molecule has 17 rings (SSSR count). The number of benzene rings is 12. The third-order valence-electron chi connectivity index (χ3n) is 18.2. The van der Waals surface area contributed by atoms with Crippen LogP contribution in [-0.4, -0.2) is 64.1 Å². The van der Waals surface area contributed by atoms with E-state index in [2.05, 4.69) is 15.0 Å². The Hall–Kier alpha value is -10.7. The fourth-order valence-corrected chi connectivity index (χ4v) is 18.0. The highest BCUT2D eigenvalue weighted by Gasteiger charge is 2.31. The molecule has 0 radical (unpaired) electrons. The summed E-state index contributed by atoms with van der Waals surface area (Å²) in [6.07, 6.45) is 7.58. The molecular formula is C76H46N4O12S4. The number of rotatable bonds is 10. The first-order chi connectivity index (χ1) is 46.5. The summed E-state index contributed by atoms with van der Waals surface area (Å²) in [6, 6.07) is 65.1. The molecule has 0 spiro atoms. The molecule has 0 aliphatic carbocycles. The van der Waals surface area contributed by atoms with E-state index in [-0.39, 0.29) is 47.0 Å². The molecule has 5 heterocycles. The third-order valence-corrected chi connectivity index (χ3v) is 21.8. The Morgan fingerprint density at radius 1 is 0.281 bits per heavy atom. The van der Waals surface area contributed by atoms with Gasteiger partial charge in [-0.3, -0.25) is 13.7 Å². The van der Waals surface area contributed by atoms with Gasteiger partial charge < -0.3 is 9.97 Å². The molecule has 2 aliphatic rings. The lowest BCUT2D eigenvalue weighted by atomic mass is 9.91. The summed E-state index contributed by atoms with van der Waals surface area (Å²) in [5.41, 5.74) is 8.42. The second-order valence-corrected chi connectivity index (χ2v) is 28.1. The highest BCUT2D eigenvalue weighted by atomic mass is 32.2. The van der Waals surface area contributed by atoms with Crippen LogP contribution < -0.4 is 0 Å². The Labute approximate surface area is 550 Å². The van der Waals surface area contributed by atoms with Crippen LogP contribution in [0.4, 0.5) is 0 Å². The van der Waals surface area contributed by atoms with E-state index < -0.39 is 30.4 Å². The van der Waals surface area contributed by atoms with Crippen molar-refractivity contribution in [1.82, 2.24) is 19.9 Å². The molecule has 15 aromatic rings. The van der Waals surface area contributed by atoms with Gasteiger partial charge in [0.05, 0.1) is 39.7 Å². The fraction of sp³-hybridized carbons (Fsp3) is 0. The molecule has 3 aromatic heterocycles. The first-order valence-corrected chi connectivity index (χ1v) is 35.1. The van der Waals surface area contributed by atoms with E-state index in [1.807, 2.05) is 121 Å². The minimum absolute atomic E-state index is 0.237. The lowest BCUT2D eigenvalue weighted by Crippen LogP contribution is -2.02. The topological polar surface area (TPSA) is 259 Å². The van der Waals surface area contributed by atoms with Gasteiger partial charge in [0.25, 0.3) is 30.4 Å². The zero-order valence-electron chi connectivity index (χ0n) is 49.7. The summed E-state index contributed by atoms with van der Waals surface area (Å²) < 4.78 is 121. The zero-order valence-corrected chi connectivity index (χ0v) is 52.9. The summed E-state index contributed by atoms with van der Waals surface area (Å²) in [5.74, 6) is 0. The van der Waals surface area contributed by atoms with Crippen molar-refractivity contribution in [3.05, 3.63) is 241 Å². The number of aromatic amines is 2. The number of hydrogen-bond donors (Lipinski definition) is 6. The van der Waals surface area contributed by atoms with Crippen molar-refractivity contribution in [2.45, 2.75) is 19.6 Å². The van der Waals surface area contributed by atoms with Crippen LogP contribution in [0.1, 0.15) is 22.8 Å². The van der Waals surface area contributed by atoms with E-state index in [1.165, 1.54) is 0 Å². The van der Waals surface area contributed by atoms with Gasteiger partial charge in [-0.2, -0.15) is 25.3 Å². The van der Waals surface area contributed by atoms with Crippen LogP contribution in [0, 0.1) is 0 Å². The molecule has 0 unspecified atom stereocenters. The highest BCUT2D eigenvalue weighted by Crippen LogP contribution is 2.51. The highest BCUT2D eigenvalue weighted by molar-refractivity contribution is 7.95. The molecule has 0 saturated carbocycles. The van der Waals surface area contributed by atoms with Gasteiger partial charge in [0.15, 0.2) is 0 Å². The molecule has 0 saturated heterocycles. The van der Waals surface area contributed by atoms with Gasteiger partial charge in [-0.25, -0.2) is 15.2 Å². The summed E-state index contributed by atoms with van der Waals surface area (Å²) in [5, 5.41) is 21.1. The van der Waals surface area contributed by atoms with Gasteiger partial charge in [0.2, 0.25) is 0 Å². The predicted molar refractivity (Wildman–Crippen MR) is 381 cm³/mol. The molecule has 16 nitrogen and oxygen atoms in total. The number of hydrogen-bond acceptors (Lipinski definition) is 12. The number of nitrogens with zero attached hydrogens (tertiary/aromatic N) is 2. The summed E-state index contributed by atoms with van der Waals surface area (Å²) in [6.45, 7) is 0. The fourth-order valence-electron chi connectivity index (χ4n) is 14.7. The summed E-state index contributed by atoms with van der Waals surface area (Å²) in [7, 11) is -14.6. The summed E-state index contributed by atoms with van der Waals surface area (Å²) in [4.78, 5) is 19.0. The van der Waals surface area contributed by atoms with E-state index in [1.54, 1.807) is 121 Å². The maximum atomic E-state index is 13.8. The average Bonchev–Trinajstić information content (AvgIpc) is 1.24. The Kier molecular flexibility index (Phi) is 13.7. The first kappa shape index (κ1) is 59.1. The Morgan fingerprint density at radius 2 is 0.479 bits per heavy atom. The monoisotopic (exact) mass is 1330 g/mol. The van der Waals surface area contributed by atoms with Crippen LogP contribution in [0.3, 0.4) is 0 Å². The molecule has 0 fully saturated rings. The van der Waals surface area contributed by atoms with E-state index in [0.717, 1.165) is 39.2 Å². The maximum Gasteiger partial charge on any atom is 0.295 e. The first-order valence-electron chi connectivity index (χ1n) is 30.0. The molecule has 20 heteroatoms. The van der Waals surface area contributed by atoms with Crippen LogP contribution in [0.2, 0.25) is 0 Å². The van der Waals surface area contributed by atoms with Crippen LogP contribution >= 0.6 is 12.0 Å². The van der Waals surface area contributed by atoms with Crippen molar-refractivity contribution in [2.75, 3.05) is 0 Å². The standard InChI is InChI=1S/C76H46N4O12S4/c81-91-92-93-73-49-25-9-1-17-41(49)65(42-18-2-10-26-50(42)73)69-57-33-35-59(77-57)70(66-43-19-3-11-27-51(43)74(94(82,83)84)52-28-12-4-20-44(52)66)61-37-39-63(79-61)72(68-47-23-7-15-31-55(47)76(96(88,89)90)56-32-16-8-24-48(56)68)64-40-38-62(80-64)71(60-36-34-58(69)78-60)67-45-21-5-13-29-53(45)75(95(85,86)87)54-30-14-6-22-46(54)67/h1-40,77,80-81H,(H,82,83,84)(H,85,86,87)(H,88,89,90). The second-order valence-electron chi connectivity index (χ2n) is 23.3. The van der Waals surface area contributed by atoms with Crippen LogP contribution in [0.15, 0.2) is 238 Å². The number of H-pyrrole nitrogens is 2. The van der Waals surface area contributed by atoms with Crippen molar-refractivity contribution in [3.8, 4) is 44.5 Å². The van der Waals surface area contributed by atoms with Crippen molar-refractivity contribution in [1.29, 1.82) is 0 Å². The van der Waals surface area contributed by atoms with Gasteiger partial charge in [-0.05, 0) is 102 Å². The van der Waals surface area contributed by atoms with Crippen molar-refractivity contribution in [2.24, 2.45) is 0 Å². The van der Waals surface area contributed by atoms with Crippen molar-refractivity contribution < 1.29 is 53.5 Å². The Balaban J connectivity index is 1.14. The van der Waals surface area contributed by atoms with E-state index >= 15 is 0 Å². The quantitative estimate of drug-likeness (QED) is 0.0245. The molecule has 6 N–H and O–H groups in total. The molecule has 0 atom stereocenters. The van der Waals surface area contributed by atoms with Gasteiger partial charge in [-0.15, -0.1) is 4.33 Å². The average molecular weight is 1340 g/mol. The number of aromatic nitrogens is 4. The van der Waals surface area contributed by atoms with Crippen molar-refractivity contribution >= 4 is 175 Å². The molecule has 96 heavy (non-hydrogen) atoms. The number of fused-ring (bicyclic) bond motifs is 16. The minimum Gasteiger partial charge on any atom is -0.354 e. The largest absolute Gasteiger partial charge is 0.354 e. The van der Waals surface area contributed by atoms with Crippen LogP contribution in [0.25, 0.3) is 177 Å². The number of nitrogens with one attached hydrogen (secondary N) is 2. The third kappa shape index (κ3) is 9.22. The van der Waals surface area contributed by atoms with E-state index in [4.69, 9.17) is 14.3 Å². The Morgan fingerprint density at radius 3 is 0.688 bits per heavy atom. The lowest BCUT2D eigenvalue weighted by Gasteiger charge is -2.17. The minimum atomic E-state index is -4.88. The van der Waals surface area contributed by atoms with Crippen molar-refractivity contribution in [3.63, 3.8) is 0 Å². The normalized spacial score (nSPS) is 12.9. The van der Waals surface area contributed by atoms with Gasteiger partial charge in [0, 0.05) is 98.9 Å². The molecule has 2 aliphatic heterocycles. The SMILES string of the molecule is O=S(=O)(O)c1c2ccccc2c(-c2c3nc(c(-c4c5ccccc5c(S(=O)(=O)O)c5ccccc45)c4ccc([nH]4)c(-c4c5ccccc5c(S(=O)(=O)O)c5ccccc45)c4nc(c(-c5c6ccccc6c(SOOO)c6ccccc56)c5ccc2[nH]5)C=C4)C=C3)c2ccccc12. The smallest absolute Gasteiger partial charge is 0.295 e. The van der Waals surface area contributed by atoms with E-state index in [9.17, 15) is 44.2 Å². The van der Waals surface area contributed by atoms with Gasteiger partial charge >= 0.3 is 0 Å². The van der Waals surface area contributed by atoms with Crippen LogP contribution in [0.5, 0.6) is 0 Å². The molecular weight excluding hydrogens is 1290 g/mol. The van der Waals surface area contributed by atoms with Gasteiger partial charge in [-0.1, -0.05) is 199 Å². The molecule has 466 valence electrons. The second kappa shape index (κ2) is 22.2. The predicted octanol–water partition coefficient (Wildman–Crippen LogP) is 18.7. The molecule has 8 bridgehead atoms. The molecule has 0 amide bonds. The van der Waals surface area contributed by atoms with E-state index in [0.29, 0.717) is 121 Å². The van der Waals surface area contributed by atoms with Gasteiger partial charge in [0.1, 0.15) is 14.7 Å². The zero-order chi connectivity index (χ0) is 65.5. The molecule has 12 aromatic carbocycles.